The zero-order valence-corrected chi connectivity index (χ0v) is 36.5. The van der Waals surface area contributed by atoms with E-state index in [1.807, 2.05) is 32.0 Å². The normalized spacial score (nSPS) is 20.3. The molecule has 3 saturated heterocycles. The van der Waals surface area contributed by atoms with Gasteiger partial charge in [0, 0.05) is 105 Å². The summed E-state index contributed by atoms with van der Waals surface area (Å²) in [5.74, 6) is -0.235. The molecule has 4 amide bonds. The Kier molecular flexibility index (Phi) is 11.5. The molecule has 1 spiro atoms. The molecular formula is C45H52ClFN10O6. The van der Waals surface area contributed by atoms with Crippen molar-refractivity contribution in [1.29, 1.82) is 0 Å². The number of ether oxygens (including phenoxy) is 1. The van der Waals surface area contributed by atoms with Crippen LogP contribution < -0.4 is 36.0 Å². The van der Waals surface area contributed by atoms with E-state index in [0.29, 0.717) is 34.0 Å². The lowest BCUT2D eigenvalue weighted by Crippen LogP contribution is -2.58. The second kappa shape index (κ2) is 17.1. The number of hydrogen-bond donors (Lipinski definition) is 3. The summed E-state index contributed by atoms with van der Waals surface area (Å²) < 4.78 is 22.2. The number of amides is 4. The van der Waals surface area contributed by atoms with Crippen LogP contribution in [0, 0.1) is 17.2 Å². The van der Waals surface area contributed by atoms with E-state index in [-0.39, 0.29) is 66.5 Å². The van der Waals surface area contributed by atoms with E-state index in [1.165, 1.54) is 24.1 Å². The summed E-state index contributed by atoms with van der Waals surface area (Å²) in [5, 5.41) is 9.30. The molecule has 2 aromatic carbocycles. The van der Waals surface area contributed by atoms with Crippen molar-refractivity contribution in [3.63, 3.8) is 0 Å². The average molecular weight is 883 g/mol. The van der Waals surface area contributed by atoms with Gasteiger partial charge in [0.15, 0.2) is 18.2 Å². The quantitative estimate of drug-likeness (QED) is 0.179. The summed E-state index contributed by atoms with van der Waals surface area (Å²) in [6.45, 7) is 9.78. The van der Waals surface area contributed by atoms with Gasteiger partial charge in [-0.05, 0) is 88.3 Å². The summed E-state index contributed by atoms with van der Waals surface area (Å²) in [6, 6.07) is 9.20. The summed E-state index contributed by atoms with van der Waals surface area (Å²) >= 11 is 6.61. The largest absolute Gasteiger partial charge is 0.478 e. The number of aromatic nitrogens is 3. The van der Waals surface area contributed by atoms with Crippen LogP contribution in [0.15, 0.2) is 47.4 Å². The Morgan fingerprint density at radius 1 is 1.02 bits per heavy atom. The summed E-state index contributed by atoms with van der Waals surface area (Å²) in [4.78, 5) is 80.6. The predicted molar refractivity (Wildman–Crippen MR) is 236 cm³/mol. The Balaban J connectivity index is 0.777. The Morgan fingerprint density at radius 2 is 1.78 bits per heavy atom. The molecule has 4 fully saturated rings. The van der Waals surface area contributed by atoms with Crippen LogP contribution in [0.4, 0.5) is 27.5 Å². The molecule has 0 radical (unpaired) electrons. The van der Waals surface area contributed by atoms with Crippen LogP contribution in [0.25, 0.3) is 10.9 Å². The van der Waals surface area contributed by atoms with Crippen molar-refractivity contribution in [3.05, 3.63) is 74.9 Å². The third kappa shape index (κ3) is 8.40. The van der Waals surface area contributed by atoms with E-state index >= 15 is 0 Å². The first-order valence-corrected chi connectivity index (χ1v) is 22.2. The van der Waals surface area contributed by atoms with Gasteiger partial charge in [-0.25, -0.2) is 9.37 Å². The number of piperazine rings is 1. The number of benzene rings is 2. The number of rotatable bonds is 11. The van der Waals surface area contributed by atoms with Crippen LogP contribution in [0.1, 0.15) is 74.3 Å². The maximum absolute atomic E-state index is 14.9. The zero-order chi connectivity index (χ0) is 44.2. The molecule has 5 aliphatic rings. The number of carbonyl (C=O) groups excluding carboxylic acids is 4. The monoisotopic (exact) mass is 882 g/mol. The van der Waals surface area contributed by atoms with E-state index in [4.69, 9.17) is 21.3 Å². The second-order valence-electron chi connectivity index (χ2n) is 17.9. The Hall–Kier alpha value is -5.81. The lowest BCUT2D eigenvalue weighted by atomic mass is 9.65. The van der Waals surface area contributed by atoms with Gasteiger partial charge in [-0.1, -0.05) is 11.6 Å². The molecule has 18 heteroatoms. The van der Waals surface area contributed by atoms with Crippen molar-refractivity contribution < 1.29 is 28.3 Å². The third-order valence-corrected chi connectivity index (χ3v) is 13.8. The van der Waals surface area contributed by atoms with E-state index in [2.05, 4.69) is 35.6 Å². The molecular weight excluding hydrogens is 831 g/mol. The molecule has 1 saturated carbocycles. The lowest BCUT2D eigenvalue weighted by molar-refractivity contribution is -0.137. The number of carbonyl (C=O) groups is 4. The summed E-state index contributed by atoms with van der Waals surface area (Å²) in [5.41, 5.74) is 3.11. The van der Waals surface area contributed by atoms with Crippen molar-refractivity contribution in [3.8, 4) is 5.75 Å². The summed E-state index contributed by atoms with van der Waals surface area (Å²) in [7, 11) is 1.51. The van der Waals surface area contributed by atoms with Crippen LogP contribution in [-0.2, 0) is 20.9 Å². The average Bonchev–Trinajstić information content (AvgIpc) is 3.58. The highest BCUT2D eigenvalue weighted by Gasteiger charge is 2.48. The molecule has 1 aliphatic carbocycles. The summed E-state index contributed by atoms with van der Waals surface area (Å²) in [6.07, 6.45) is 6.50. The van der Waals surface area contributed by atoms with Crippen LogP contribution in [0.5, 0.6) is 5.75 Å². The molecule has 6 heterocycles. The smallest absolute Gasteiger partial charge is 0.293 e. The Bertz CT molecular complexity index is 2550. The Morgan fingerprint density at radius 3 is 2.49 bits per heavy atom. The van der Waals surface area contributed by atoms with Gasteiger partial charge in [0.1, 0.15) is 16.9 Å². The molecule has 332 valence electrons. The standard InChI is InChI=1S/C45H52ClFN10O6/c1-26(2)57-34-5-4-30(16-28(34)17-37(43(57)62)63-23-39(59)48-3)50-40-33(46)20-49-44(52-40)54-14-12-53(13-15-54)21-27-8-10-45(11-9-27)24-55(25-45)36-19-29(47)18-31-32(36)22-56(42(31)61)35-6-7-38(58)51-41(35)60/h4-5,16-20,26-27,35H,6-15,21-25H2,1-3H3,(H,48,59)(H,49,50,52)(H,51,58,60)/t35-/m1/s1. The minimum Gasteiger partial charge on any atom is -0.478 e. The molecule has 16 nitrogen and oxygen atoms in total. The highest BCUT2D eigenvalue weighted by Crippen LogP contribution is 2.49. The van der Waals surface area contributed by atoms with Gasteiger partial charge in [-0.15, -0.1) is 0 Å². The first-order chi connectivity index (χ1) is 30.3. The van der Waals surface area contributed by atoms with Crippen LogP contribution in [-0.4, -0.2) is 113 Å². The fourth-order valence-corrected chi connectivity index (χ4v) is 10.2. The van der Waals surface area contributed by atoms with Gasteiger partial charge in [0.05, 0.1) is 11.7 Å². The van der Waals surface area contributed by atoms with Crippen LogP contribution in [0.2, 0.25) is 5.02 Å². The molecule has 1 atom stereocenters. The van der Waals surface area contributed by atoms with Gasteiger partial charge in [0.25, 0.3) is 17.4 Å². The molecule has 3 N–H and O–H groups in total. The highest BCUT2D eigenvalue weighted by atomic mass is 35.5. The van der Waals surface area contributed by atoms with E-state index < -0.39 is 17.8 Å². The first kappa shape index (κ1) is 42.5. The zero-order valence-electron chi connectivity index (χ0n) is 35.7. The third-order valence-electron chi connectivity index (χ3n) is 13.5. The number of anilines is 4. The molecule has 0 bridgehead atoms. The first-order valence-electron chi connectivity index (χ1n) is 21.8. The van der Waals surface area contributed by atoms with Crippen molar-refractivity contribution in [2.75, 3.05) is 74.6 Å². The number of piperidine rings is 1. The van der Waals surface area contributed by atoms with Crippen molar-refractivity contribution >= 4 is 69.3 Å². The molecule has 63 heavy (non-hydrogen) atoms. The van der Waals surface area contributed by atoms with E-state index in [0.717, 1.165) is 93.7 Å². The second-order valence-corrected chi connectivity index (χ2v) is 18.3. The molecule has 4 aromatic rings. The highest BCUT2D eigenvalue weighted by molar-refractivity contribution is 6.33. The maximum Gasteiger partial charge on any atom is 0.293 e. The number of halogens is 2. The predicted octanol–water partition coefficient (Wildman–Crippen LogP) is 4.61. The van der Waals surface area contributed by atoms with Crippen LogP contribution >= 0.6 is 11.6 Å². The Labute approximate surface area is 369 Å². The van der Waals surface area contributed by atoms with Crippen molar-refractivity contribution in [2.45, 2.75) is 71.0 Å². The van der Waals surface area contributed by atoms with Crippen LogP contribution in [0.3, 0.4) is 0 Å². The topological polar surface area (TPSA) is 174 Å². The number of fused-ring (bicyclic) bond motifs is 2. The van der Waals surface area contributed by atoms with Crippen molar-refractivity contribution in [2.24, 2.45) is 11.3 Å². The SMILES string of the molecule is CNC(=O)COc1cc2cc(Nc3nc(N4CCN(CC5CCC6(CC5)CN(c5cc(F)cc7c5CN([C@@H]5CCC(=O)NC5=O)C7=O)C6)CC4)ncc3Cl)ccc2n(C(C)C)c1=O. The maximum atomic E-state index is 14.9. The lowest BCUT2D eigenvalue weighted by Gasteiger charge is -2.55. The van der Waals surface area contributed by atoms with Gasteiger partial charge in [-0.3, -0.25) is 34.2 Å². The number of nitrogens with one attached hydrogen (secondary N) is 3. The van der Waals surface area contributed by atoms with E-state index in [9.17, 15) is 28.4 Å². The minimum atomic E-state index is -0.737. The molecule has 9 rings (SSSR count). The van der Waals surface area contributed by atoms with Gasteiger partial charge >= 0.3 is 0 Å². The molecule has 0 unspecified atom stereocenters. The van der Waals surface area contributed by atoms with Gasteiger partial charge in [-0.2, -0.15) is 4.98 Å². The van der Waals surface area contributed by atoms with Gasteiger partial charge in [0.2, 0.25) is 17.8 Å². The van der Waals surface area contributed by atoms with Gasteiger partial charge < -0.3 is 34.6 Å². The molecule has 2 aromatic heterocycles. The molecule has 4 aliphatic heterocycles. The van der Waals surface area contributed by atoms with E-state index in [1.54, 1.807) is 16.8 Å². The number of likely N-dealkylation sites (N-methyl/N-ethyl adjacent to an activating group) is 1. The van der Waals surface area contributed by atoms with Crippen molar-refractivity contribution in [1.82, 2.24) is 35.0 Å². The minimum absolute atomic E-state index is 0.0882. The fourth-order valence-electron chi connectivity index (χ4n) is 10.1. The number of nitrogens with zero attached hydrogens (tertiary/aromatic N) is 7. The number of hydrogen-bond acceptors (Lipinski definition) is 12. The fraction of sp³-hybridized carbons (Fsp3) is 0.489. The number of pyridine rings is 1. The number of imide groups is 1.